The molecule has 1 unspecified atom stereocenters. The van der Waals surface area contributed by atoms with Crippen molar-refractivity contribution in [3.8, 4) is 0 Å². The van der Waals surface area contributed by atoms with Crippen molar-refractivity contribution in [3.63, 3.8) is 0 Å². The van der Waals surface area contributed by atoms with Gasteiger partial charge in [0.15, 0.2) is 0 Å². The summed E-state index contributed by atoms with van der Waals surface area (Å²) in [6, 6.07) is 5.97. The fraction of sp³-hybridized carbons (Fsp3) is 0.500. The summed E-state index contributed by atoms with van der Waals surface area (Å²) in [4.78, 5) is 16.9. The zero-order chi connectivity index (χ0) is 24.4. The first-order valence-corrected chi connectivity index (χ1v) is 10.8. The van der Waals surface area contributed by atoms with Crippen LogP contribution in [0.5, 0.6) is 0 Å². The highest BCUT2D eigenvalue weighted by Gasteiger charge is 2.39. The Kier molecular flexibility index (Phi) is 7.00. The van der Waals surface area contributed by atoms with E-state index in [1.54, 1.807) is 12.1 Å². The van der Waals surface area contributed by atoms with E-state index in [0.717, 1.165) is 24.0 Å². The average Bonchev–Trinajstić information content (AvgIpc) is 2.72. The lowest BCUT2D eigenvalue weighted by Crippen LogP contribution is -2.44. The first kappa shape index (κ1) is 24.9. The van der Waals surface area contributed by atoms with Crippen LogP contribution < -0.4 is 10.6 Å². The van der Waals surface area contributed by atoms with Gasteiger partial charge in [0, 0.05) is 42.5 Å². The number of aromatic nitrogens is 1. The lowest BCUT2D eigenvalue weighted by molar-refractivity contribution is -0.138. The van der Waals surface area contributed by atoms with E-state index in [0.29, 0.717) is 5.69 Å². The van der Waals surface area contributed by atoms with E-state index in [-0.39, 0.29) is 36.7 Å². The van der Waals surface area contributed by atoms with Crippen LogP contribution in [-0.2, 0) is 16.4 Å². The summed E-state index contributed by atoms with van der Waals surface area (Å²) in [6.07, 6.45) is -3.28. The molecule has 1 fully saturated rings. The Morgan fingerprint density at radius 3 is 2.21 bits per heavy atom. The van der Waals surface area contributed by atoms with Gasteiger partial charge in [-0.2, -0.15) is 13.2 Å². The van der Waals surface area contributed by atoms with Crippen LogP contribution in [0.3, 0.4) is 0 Å². The molecule has 0 bridgehead atoms. The van der Waals surface area contributed by atoms with Gasteiger partial charge in [0.1, 0.15) is 6.04 Å². The number of hydrogen-bond acceptors (Lipinski definition) is 3. The average molecular weight is 469 g/mol. The number of carbonyl (C=O) groups excluding carboxylic acids is 1. The van der Waals surface area contributed by atoms with Crippen LogP contribution in [0.15, 0.2) is 42.7 Å². The number of halogens is 5. The molecule has 1 aliphatic carbocycles. The maximum Gasteiger partial charge on any atom is 0.416 e. The molecule has 1 saturated carbocycles. The summed E-state index contributed by atoms with van der Waals surface area (Å²) in [5.41, 5.74) is 0.0468. The minimum Gasteiger partial charge on any atom is -0.370 e. The fourth-order valence-electron chi connectivity index (χ4n) is 3.88. The predicted octanol–water partition coefficient (Wildman–Crippen LogP) is 6.25. The number of alkyl halides is 5. The molecule has 1 aliphatic rings. The molecule has 0 aliphatic heterocycles. The molecule has 33 heavy (non-hydrogen) atoms. The molecule has 4 nitrogen and oxygen atoms in total. The van der Waals surface area contributed by atoms with Gasteiger partial charge in [-0.15, -0.1) is 0 Å². The second-order valence-electron chi connectivity index (χ2n) is 9.50. The summed E-state index contributed by atoms with van der Waals surface area (Å²) in [5, 5.41) is 5.55. The van der Waals surface area contributed by atoms with E-state index in [4.69, 9.17) is 0 Å². The molecule has 180 valence electrons. The maximum atomic E-state index is 13.7. The van der Waals surface area contributed by atoms with Crippen molar-refractivity contribution < 1.29 is 26.7 Å². The van der Waals surface area contributed by atoms with Gasteiger partial charge >= 0.3 is 6.18 Å². The molecule has 2 N–H and O–H groups in total. The SMILES string of the molecule is CC(C)(C)c1ccc(NC(C(=O)NC2CCC(F)(F)CC2)c2cnccc2C(F)(F)F)cc1. The first-order valence-electron chi connectivity index (χ1n) is 10.8. The Balaban J connectivity index is 1.90. The molecule has 1 aromatic heterocycles. The lowest BCUT2D eigenvalue weighted by atomic mass is 9.87. The number of pyridine rings is 1. The normalized spacial score (nSPS) is 17.9. The summed E-state index contributed by atoms with van der Waals surface area (Å²) >= 11 is 0. The summed E-state index contributed by atoms with van der Waals surface area (Å²) in [6.45, 7) is 6.10. The van der Waals surface area contributed by atoms with Gasteiger partial charge in [-0.3, -0.25) is 9.78 Å². The van der Waals surface area contributed by atoms with Crippen LogP contribution in [0.4, 0.5) is 27.6 Å². The van der Waals surface area contributed by atoms with E-state index < -0.39 is 35.7 Å². The van der Waals surface area contributed by atoms with Crippen molar-refractivity contribution in [3.05, 3.63) is 59.4 Å². The Morgan fingerprint density at radius 2 is 1.67 bits per heavy atom. The molecule has 9 heteroatoms. The Bertz CT molecular complexity index is 957. The van der Waals surface area contributed by atoms with Gasteiger partial charge in [-0.05, 0) is 42.0 Å². The molecular weight excluding hydrogens is 441 g/mol. The van der Waals surface area contributed by atoms with Crippen molar-refractivity contribution in [2.75, 3.05) is 5.32 Å². The lowest BCUT2D eigenvalue weighted by Gasteiger charge is -2.31. The number of carbonyl (C=O) groups is 1. The Morgan fingerprint density at radius 1 is 1.06 bits per heavy atom. The molecule has 1 heterocycles. The maximum absolute atomic E-state index is 13.7. The van der Waals surface area contributed by atoms with Gasteiger partial charge in [-0.25, -0.2) is 8.78 Å². The number of hydrogen-bond donors (Lipinski definition) is 2. The highest BCUT2D eigenvalue weighted by Crippen LogP contribution is 2.37. The Labute approximate surface area is 190 Å². The molecule has 1 amide bonds. The van der Waals surface area contributed by atoms with Crippen molar-refractivity contribution >= 4 is 11.6 Å². The van der Waals surface area contributed by atoms with Gasteiger partial charge in [-0.1, -0.05) is 32.9 Å². The van der Waals surface area contributed by atoms with Crippen molar-refractivity contribution in [2.45, 2.75) is 76.1 Å². The van der Waals surface area contributed by atoms with Crippen LogP contribution >= 0.6 is 0 Å². The molecule has 3 rings (SSSR count). The monoisotopic (exact) mass is 469 g/mol. The molecule has 2 aromatic rings. The molecule has 0 spiro atoms. The smallest absolute Gasteiger partial charge is 0.370 e. The number of nitrogens with zero attached hydrogens (tertiary/aromatic N) is 1. The van der Waals surface area contributed by atoms with E-state index >= 15 is 0 Å². The van der Waals surface area contributed by atoms with Gasteiger partial charge in [0.2, 0.25) is 11.8 Å². The third-order valence-corrected chi connectivity index (χ3v) is 5.86. The number of benzene rings is 1. The number of nitrogens with one attached hydrogen (secondary N) is 2. The standard InChI is InChI=1S/C24H28F5N3O/c1-22(2,3)15-4-6-16(7-5-15)31-20(18-14-30-13-10-19(18)24(27,28)29)21(33)32-17-8-11-23(25,26)12-9-17/h4-7,10,13-14,17,20,31H,8-9,11-12H2,1-3H3,(H,32,33). The molecule has 0 saturated heterocycles. The van der Waals surface area contributed by atoms with E-state index in [1.165, 1.54) is 0 Å². The van der Waals surface area contributed by atoms with Crippen LogP contribution in [0, 0.1) is 0 Å². The third-order valence-electron chi connectivity index (χ3n) is 5.86. The number of amides is 1. The van der Waals surface area contributed by atoms with Gasteiger partial charge in [0.25, 0.3) is 0 Å². The molecule has 1 atom stereocenters. The third kappa shape index (κ3) is 6.42. The zero-order valence-electron chi connectivity index (χ0n) is 18.8. The van der Waals surface area contributed by atoms with Crippen LogP contribution in [0.25, 0.3) is 0 Å². The topological polar surface area (TPSA) is 54.0 Å². The van der Waals surface area contributed by atoms with Crippen LogP contribution in [0.1, 0.15) is 69.2 Å². The second kappa shape index (κ2) is 9.27. The summed E-state index contributed by atoms with van der Waals surface area (Å²) in [7, 11) is 0. The van der Waals surface area contributed by atoms with Gasteiger partial charge < -0.3 is 10.6 Å². The Hall–Kier alpha value is -2.71. The van der Waals surface area contributed by atoms with Crippen molar-refractivity contribution in [1.82, 2.24) is 10.3 Å². The van der Waals surface area contributed by atoms with Crippen LogP contribution in [0.2, 0.25) is 0 Å². The highest BCUT2D eigenvalue weighted by atomic mass is 19.4. The highest BCUT2D eigenvalue weighted by molar-refractivity contribution is 5.86. The van der Waals surface area contributed by atoms with Gasteiger partial charge in [0.05, 0.1) is 5.56 Å². The number of anilines is 1. The number of rotatable bonds is 5. The quantitative estimate of drug-likeness (QED) is 0.510. The molecule has 1 aromatic carbocycles. The van der Waals surface area contributed by atoms with E-state index in [2.05, 4.69) is 15.6 Å². The summed E-state index contributed by atoms with van der Waals surface area (Å²) in [5.74, 6) is -3.50. The van der Waals surface area contributed by atoms with E-state index in [9.17, 15) is 26.7 Å². The molecular formula is C24H28F5N3O. The zero-order valence-corrected chi connectivity index (χ0v) is 18.8. The first-order chi connectivity index (χ1) is 15.3. The van der Waals surface area contributed by atoms with Crippen LogP contribution in [-0.4, -0.2) is 22.9 Å². The fourth-order valence-corrected chi connectivity index (χ4v) is 3.88. The predicted molar refractivity (Wildman–Crippen MR) is 116 cm³/mol. The largest absolute Gasteiger partial charge is 0.416 e. The minimum atomic E-state index is -4.69. The molecule has 0 radical (unpaired) electrons. The second-order valence-corrected chi connectivity index (χ2v) is 9.50. The van der Waals surface area contributed by atoms with Crippen molar-refractivity contribution in [2.24, 2.45) is 0 Å². The minimum absolute atomic E-state index is 0.0604. The van der Waals surface area contributed by atoms with Crippen molar-refractivity contribution in [1.29, 1.82) is 0 Å². The van der Waals surface area contributed by atoms with E-state index in [1.807, 2.05) is 32.9 Å². The summed E-state index contributed by atoms with van der Waals surface area (Å²) < 4.78 is 67.9.